The third-order valence-corrected chi connectivity index (χ3v) is 5.62. The maximum atomic E-state index is 12.6. The fourth-order valence-corrected chi connectivity index (χ4v) is 4.23. The van der Waals surface area contributed by atoms with Crippen molar-refractivity contribution in [3.8, 4) is 11.5 Å². The first-order valence-corrected chi connectivity index (χ1v) is 9.83. The van der Waals surface area contributed by atoms with Crippen LogP contribution in [0.4, 0.5) is 0 Å². The molecule has 1 aliphatic heterocycles. The largest absolute Gasteiger partial charge is 0.493 e. The van der Waals surface area contributed by atoms with Gasteiger partial charge in [0.2, 0.25) is 0 Å². The molecule has 2 heterocycles. The van der Waals surface area contributed by atoms with Crippen LogP contribution in [0, 0.1) is 5.92 Å². The van der Waals surface area contributed by atoms with Crippen LogP contribution in [0.25, 0.3) is 0 Å². The molecule has 140 valence electrons. The minimum absolute atomic E-state index is 0.115. The summed E-state index contributed by atoms with van der Waals surface area (Å²) in [7, 11) is 3.13. The summed E-state index contributed by atoms with van der Waals surface area (Å²) < 4.78 is 10.6. The number of benzene rings is 1. The van der Waals surface area contributed by atoms with Crippen LogP contribution in [0.3, 0.4) is 0 Å². The molecule has 3 rings (SSSR count). The summed E-state index contributed by atoms with van der Waals surface area (Å²) in [5.41, 5.74) is 0.512. The molecule has 1 saturated heterocycles. The van der Waals surface area contributed by atoms with Gasteiger partial charge in [-0.3, -0.25) is 9.69 Å². The van der Waals surface area contributed by atoms with Crippen LogP contribution >= 0.6 is 11.3 Å². The zero-order valence-electron chi connectivity index (χ0n) is 15.4. The molecule has 6 heteroatoms. The summed E-state index contributed by atoms with van der Waals surface area (Å²) in [6.45, 7) is 3.84. The van der Waals surface area contributed by atoms with Crippen LogP contribution in [-0.2, 0) is 6.54 Å². The standard InChI is InChI=1S/C20H26N2O3S/c1-24-18-9-3-8-17(19(18)25-2)20(23)21-12-15-6-4-10-22(13-15)14-16-7-5-11-26-16/h3,5,7-9,11,15H,4,6,10,12-14H2,1-2H3,(H,21,23). The maximum Gasteiger partial charge on any atom is 0.255 e. The number of hydrogen-bond donors (Lipinski definition) is 1. The Bertz CT molecular complexity index is 718. The van der Waals surface area contributed by atoms with Crippen molar-refractivity contribution in [2.45, 2.75) is 19.4 Å². The van der Waals surface area contributed by atoms with Crippen molar-refractivity contribution in [2.75, 3.05) is 33.9 Å². The Kier molecular flexibility index (Phi) is 6.52. The van der Waals surface area contributed by atoms with Crippen molar-refractivity contribution in [2.24, 2.45) is 5.92 Å². The first-order valence-electron chi connectivity index (χ1n) is 8.95. The average molecular weight is 375 g/mol. The monoisotopic (exact) mass is 374 g/mol. The van der Waals surface area contributed by atoms with Gasteiger partial charge < -0.3 is 14.8 Å². The molecule has 0 aliphatic carbocycles. The number of methoxy groups -OCH3 is 2. The number of amides is 1. The zero-order chi connectivity index (χ0) is 18.4. The fraction of sp³-hybridized carbons (Fsp3) is 0.450. The number of carbonyl (C=O) groups excluding carboxylic acids is 1. The number of piperidine rings is 1. The Balaban J connectivity index is 1.56. The lowest BCUT2D eigenvalue weighted by atomic mass is 9.97. The number of thiophene rings is 1. The molecule has 1 unspecified atom stereocenters. The highest BCUT2D eigenvalue weighted by Gasteiger charge is 2.22. The van der Waals surface area contributed by atoms with Gasteiger partial charge in [-0.1, -0.05) is 12.1 Å². The number of para-hydroxylation sites is 1. The molecule has 1 aromatic heterocycles. The average Bonchev–Trinajstić information content (AvgIpc) is 3.18. The smallest absolute Gasteiger partial charge is 0.255 e. The van der Waals surface area contributed by atoms with Crippen LogP contribution in [0.1, 0.15) is 28.1 Å². The Morgan fingerprint density at radius 2 is 2.15 bits per heavy atom. The van der Waals surface area contributed by atoms with E-state index in [-0.39, 0.29) is 5.91 Å². The Morgan fingerprint density at radius 1 is 1.27 bits per heavy atom. The zero-order valence-corrected chi connectivity index (χ0v) is 16.2. The number of hydrogen-bond acceptors (Lipinski definition) is 5. The Labute approximate surface area is 158 Å². The Hall–Kier alpha value is -2.05. The topological polar surface area (TPSA) is 50.8 Å². The van der Waals surface area contributed by atoms with Gasteiger partial charge in [-0.15, -0.1) is 11.3 Å². The van der Waals surface area contributed by atoms with E-state index in [2.05, 4.69) is 27.7 Å². The third kappa shape index (κ3) is 4.56. The molecule has 1 amide bonds. The number of nitrogens with zero attached hydrogens (tertiary/aromatic N) is 1. The van der Waals surface area contributed by atoms with Gasteiger partial charge in [0.1, 0.15) is 0 Å². The number of ether oxygens (including phenoxy) is 2. The highest BCUT2D eigenvalue weighted by atomic mass is 32.1. The van der Waals surface area contributed by atoms with Crippen molar-refractivity contribution in [3.63, 3.8) is 0 Å². The lowest BCUT2D eigenvalue weighted by Gasteiger charge is -2.32. The summed E-state index contributed by atoms with van der Waals surface area (Å²) in [5.74, 6) is 1.41. The molecule has 0 spiro atoms. The number of carbonyl (C=O) groups is 1. The highest BCUT2D eigenvalue weighted by molar-refractivity contribution is 7.09. The van der Waals surface area contributed by atoms with Crippen molar-refractivity contribution >= 4 is 17.2 Å². The third-order valence-electron chi connectivity index (χ3n) is 4.76. The van der Waals surface area contributed by atoms with Gasteiger partial charge in [0.05, 0.1) is 19.8 Å². The van der Waals surface area contributed by atoms with Gasteiger partial charge >= 0.3 is 0 Å². The molecular weight excluding hydrogens is 348 g/mol. The number of rotatable bonds is 7. The molecule has 0 bridgehead atoms. The summed E-state index contributed by atoms with van der Waals surface area (Å²) >= 11 is 1.80. The molecule has 5 nitrogen and oxygen atoms in total. The predicted molar refractivity (Wildman–Crippen MR) is 104 cm³/mol. The van der Waals surface area contributed by atoms with E-state index in [9.17, 15) is 4.79 Å². The molecular formula is C20H26N2O3S. The van der Waals surface area contributed by atoms with Gasteiger partial charge in [-0.05, 0) is 48.9 Å². The Morgan fingerprint density at radius 3 is 2.88 bits per heavy atom. The summed E-state index contributed by atoms with van der Waals surface area (Å²) in [5, 5.41) is 5.20. The van der Waals surface area contributed by atoms with E-state index in [0.29, 0.717) is 29.5 Å². The summed E-state index contributed by atoms with van der Waals surface area (Å²) in [6.07, 6.45) is 2.32. The minimum Gasteiger partial charge on any atom is -0.493 e. The van der Waals surface area contributed by atoms with Gasteiger partial charge in [0.15, 0.2) is 11.5 Å². The number of likely N-dealkylation sites (tertiary alicyclic amines) is 1. The van der Waals surface area contributed by atoms with Crippen molar-refractivity contribution in [1.82, 2.24) is 10.2 Å². The first kappa shape index (κ1) is 18.7. The van der Waals surface area contributed by atoms with Crippen molar-refractivity contribution in [1.29, 1.82) is 0 Å². The van der Waals surface area contributed by atoms with Gasteiger partial charge in [0.25, 0.3) is 5.91 Å². The van der Waals surface area contributed by atoms with E-state index in [4.69, 9.17) is 9.47 Å². The van der Waals surface area contributed by atoms with Gasteiger partial charge in [0, 0.05) is 24.5 Å². The second-order valence-corrected chi connectivity index (χ2v) is 7.61. The lowest BCUT2D eigenvalue weighted by molar-refractivity contribution is 0.0927. The minimum atomic E-state index is -0.115. The van der Waals surface area contributed by atoms with E-state index < -0.39 is 0 Å². The first-order chi connectivity index (χ1) is 12.7. The molecule has 1 atom stereocenters. The predicted octanol–water partition coefficient (Wildman–Crippen LogP) is 3.41. The molecule has 0 saturated carbocycles. The fourth-order valence-electron chi connectivity index (χ4n) is 3.48. The summed E-state index contributed by atoms with van der Waals surface area (Å²) in [6, 6.07) is 9.65. The van der Waals surface area contributed by atoms with E-state index >= 15 is 0 Å². The maximum absolute atomic E-state index is 12.6. The van der Waals surface area contributed by atoms with Gasteiger partial charge in [-0.2, -0.15) is 0 Å². The quantitative estimate of drug-likeness (QED) is 0.807. The second-order valence-electron chi connectivity index (χ2n) is 6.57. The van der Waals surface area contributed by atoms with Crippen molar-refractivity contribution < 1.29 is 14.3 Å². The molecule has 1 N–H and O–H groups in total. The normalized spacial score (nSPS) is 17.7. The van der Waals surface area contributed by atoms with Crippen LogP contribution in [0.5, 0.6) is 11.5 Å². The van der Waals surface area contributed by atoms with E-state index in [1.54, 1.807) is 43.8 Å². The van der Waals surface area contributed by atoms with Gasteiger partial charge in [-0.25, -0.2) is 0 Å². The lowest BCUT2D eigenvalue weighted by Crippen LogP contribution is -2.40. The van der Waals surface area contributed by atoms with Crippen LogP contribution in [-0.4, -0.2) is 44.7 Å². The second kappa shape index (κ2) is 9.05. The van der Waals surface area contributed by atoms with Crippen LogP contribution < -0.4 is 14.8 Å². The SMILES string of the molecule is COc1cccc(C(=O)NCC2CCCN(Cc3cccs3)C2)c1OC. The van der Waals surface area contributed by atoms with Crippen molar-refractivity contribution in [3.05, 3.63) is 46.2 Å². The summed E-state index contributed by atoms with van der Waals surface area (Å²) in [4.78, 5) is 16.5. The molecule has 1 fully saturated rings. The molecule has 26 heavy (non-hydrogen) atoms. The molecule has 0 radical (unpaired) electrons. The van der Waals surface area contributed by atoms with E-state index in [1.165, 1.54) is 11.3 Å². The highest BCUT2D eigenvalue weighted by Crippen LogP contribution is 2.30. The van der Waals surface area contributed by atoms with Crippen LogP contribution in [0.15, 0.2) is 35.7 Å². The molecule has 1 aromatic carbocycles. The molecule has 2 aromatic rings. The van der Waals surface area contributed by atoms with Crippen LogP contribution in [0.2, 0.25) is 0 Å². The number of nitrogens with one attached hydrogen (secondary N) is 1. The molecule has 1 aliphatic rings. The van der Waals surface area contributed by atoms with E-state index in [0.717, 1.165) is 26.1 Å². The van der Waals surface area contributed by atoms with E-state index in [1.807, 2.05) is 0 Å².